The first-order valence-corrected chi connectivity index (χ1v) is 16.5. The standard InChI is InChI=1S/C45H30N4/c1-5-17-31(18-6-1)38-29-35(49-40-27-15-13-25-36(40)37-26-14-16-28-41(37)49)30-39(32-19-7-2-8-20-32)42(38)45-47-43(33-21-9-3-10-22-33)46-44(48-45)34-23-11-4-12-24-34/h1-30H. The van der Waals surface area contributed by atoms with Crippen molar-refractivity contribution in [2.24, 2.45) is 0 Å². The molecule has 0 saturated carbocycles. The van der Waals surface area contributed by atoms with Crippen molar-refractivity contribution in [2.75, 3.05) is 0 Å². The molecule has 0 radical (unpaired) electrons. The van der Waals surface area contributed by atoms with Gasteiger partial charge in [0.1, 0.15) is 0 Å². The summed E-state index contributed by atoms with van der Waals surface area (Å²) in [5, 5.41) is 2.45. The SMILES string of the molecule is c1ccc(-c2nc(-c3ccccc3)nc(-c3c(-c4ccccc4)cc(-n4c5ccccc5c5ccccc54)cc3-c3ccccc3)n2)cc1. The maximum Gasteiger partial charge on any atom is 0.165 e. The fourth-order valence-electron chi connectivity index (χ4n) is 6.81. The quantitative estimate of drug-likeness (QED) is 0.184. The van der Waals surface area contributed by atoms with Crippen LogP contribution in [-0.2, 0) is 0 Å². The first-order chi connectivity index (χ1) is 24.3. The summed E-state index contributed by atoms with van der Waals surface area (Å²) in [5.41, 5.74) is 10.5. The highest BCUT2D eigenvalue weighted by atomic mass is 15.0. The maximum atomic E-state index is 5.23. The molecule has 2 heterocycles. The first kappa shape index (κ1) is 28.6. The van der Waals surface area contributed by atoms with Gasteiger partial charge in [-0.2, -0.15) is 0 Å². The van der Waals surface area contributed by atoms with Gasteiger partial charge in [0, 0.05) is 33.2 Å². The third kappa shape index (κ3) is 5.16. The fourth-order valence-corrected chi connectivity index (χ4v) is 6.81. The minimum atomic E-state index is 0.624. The lowest BCUT2D eigenvalue weighted by atomic mass is 9.90. The van der Waals surface area contributed by atoms with Crippen LogP contribution >= 0.6 is 0 Å². The highest BCUT2D eigenvalue weighted by molar-refractivity contribution is 6.09. The van der Waals surface area contributed by atoms with Crippen molar-refractivity contribution in [2.45, 2.75) is 0 Å². The van der Waals surface area contributed by atoms with Gasteiger partial charge < -0.3 is 4.57 Å². The van der Waals surface area contributed by atoms with E-state index in [0.29, 0.717) is 17.5 Å². The Bertz CT molecular complexity index is 2400. The molecule has 4 heteroatoms. The van der Waals surface area contributed by atoms with Crippen LogP contribution in [0.2, 0.25) is 0 Å². The summed E-state index contributed by atoms with van der Waals surface area (Å²) < 4.78 is 2.38. The number of rotatable bonds is 6. The number of aromatic nitrogens is 4. The number of fused-ring (bicyclic) bond motifs is 3. The minimum Gasteiger partial charge on any atom is -0.309 e. The predicted octanol–water partition coefficient (Wildman–Crippen LogP) is 11.3. The maximum absolute atomic E-state index is 5.23. The molecule has 2 aromatic heterocycles. The van der Waals surface area contributed by atoms with Gasteiger partial charge in [-0.3, -0.25) is 0 Å². The third-order valence-corrected chi connectivity index (χ3v) is 9.05. The molecule has 0 amide bonds. The number of hydrogen-bond acceptors (Lipinski definition) is 3. The Labute approximate surface area is 284 Å². The highest BCUT2D eigenvalue weighted by Crippen LogP contribution is 2.43. The van der Waals surface area contributed by atoms with Crippen molar-refractivity contribution in [3.8, 4) is 62.1 Å². The fraction of sp³-hybridized carbons (Fsp3) is 0. The van der Waals surface area contributed by atoms with Crippen molar-refractivity contribution < 1.29 is 0 Å². The van der Waals surface area contributed by atoms with Gasteiger partial charge >= 0.3 is 0 Å². The summed E-state index contributed by atoms with van der Waals surface area (Å²) in [4.78, 5) is 15.5. The predicted molar refractivity (Wildman–Crippen MR) is 201 cm³/mol. The van der Waals surface area contributed by atoms with E-state index >= 15 is 0 Å². The molecule has 0 N–H and O–H groups in total. The molecular weight excluding hydrogens is 597 g/mol. The highest BCUT2D eigenvalue weighted by Gasteiger charge is 2.23. The molecule has 7 aromatic carbocycles. The van der Waals surface area contributed by atoms with E-state index in [9.17, 15) is 0 Å². The molecule has 0 atom stereocenters. The van der Waals surface area contributed by atoms with Crippen LogP contribution in [0.4, 0.5) is 0 Å². The molecule has 0 bridgehead atoms. The normalized spacial score (nSPS) is 11.3. The van der Waals surface area contributed by atoms with Crippen LogP contribution in [0.25, 0.3) is 83.9 Å². The summed E-state index contributed by atoms with van der Waals surface area (Å²) in [6, 6.07) is 63.3. The second kappa shape index (κ2) is 12.2. The zero-order valence-corrected chi connectivity index (χ0v) is 26.6. The third-order valence-electron chi connectivity index (χ3n) is 9.05. The van der Waals surface area contributed by atoms with Gasteiger partial charge in [0.05, 0.1) is 11.0 Å². The summed E-state index contributed by atoms with van der Waals surface area (Å²) in [6.07, 6.45) is 0. The largest absolute Gasteiger partial charge is 0.309 e. The number of hydrogen-bond donors (Lipinski definition) is 0. The Balaban J connectivity index is 1.41. The second-order valence-corrected chi connectivity index (χ2v) is 12.1. The molecule has 230 valence electrons. The van der Waals surface area contributed by atoms with Gasteiger partial charge in [0.2, 0.25) is 0 Å². The van der Waals surface area contributed by atoms with Crippen LogP contribution in [0.3, 0.4) is 0 Å². The van der Waals surface area contributed by atoms with Gasteiger partial charge in [-0.15, -0.1) is 0 Å². The van der Waals surface area contributed by atoms with Crippen molar-refractivity contribution >= 4 is 21.8 Å². The average Bonchev–Trinajstić information content (AvgIpc) is 3.53. The van der Waals surface area contributed by atoms with Crippen molar-refractivity contribution in [1.82, 2.24) is 19.5 Å². The summed E-state index contributed by atoms with van der Waals surface area (Å²) >= 11 is 0. The van der Waals surface area contributed by atoms with Gasteiger partial charge in [-0.25, -0.2) is 15.0 Å². The van der Waals surface area contributed by atoms with Gasteiger partial charge in [0.25, 0.3) is 0 Å². The molecule has 0 aliphatic rings. The number of nitrogens with zero attached hydrogens (tertiary/aromatic N) is 4. The van der Waals surface area contributed by atoms with Gasteiger partial charge in [-0.1, -0.05) is 158 Å². The molecule has 0 unspecified atom stereocenters. The Morgan fingerprint density at radius 2 is 0.673 bits per heavy atom. The summed E-state index contributed by atoms with van der Waals surface area (Å²) in [7, 11) is 0. The lowest BCUT2D eigenvalue weighted by molar-refractivity contribution is 1.07. The van der Waals surface area contributed by atoms with E-state index in [2.05, 4.69) is 150 Å². The zero-order chi connectivity index (χ0) is 32.6. The first-order valence-electron chi connectivity index (χ1n) is 16.5. The van der Waals surface area contributed by atoms with Crippen LogP contribution in [0, 0.1) is 0 Å². The molecule has 0 spiro atoms. The Morgan fingerprint density at radius 3 is 1.10 bits per heavy atom. The Morgan fingerprint density at radius 1 is 0.327 bits per heavy atom. The van der Waals surface area contributed by atoms with Crippen molar-refractivity contribution in [3.63, 3.8) is 0 Å². The molecule has 4 nitrogen and oxygen atoms in total. The van der Waals surface area contributed by atoms with Gasteiger partial charge in [0.15, 0.2) is 17.5 Å². The second-order valence-electron chi connectivity index (χ2n) is 12.1. The molecule has 9 rings (SSSR count). The summed E-state index contributed by atoms with van der Waals surface area (Å²) in [5.74, 6) is 1.89. The average molecular weight is 627 g/mol. The van der Waals surface area contributed by atoms with Crippen molar-refractivity contribution in [3.05, 3.63) is 182 Å². The van der Waals surface area contributed by atoms with Gasteiger partial charge in [-0.05, 0) is 46.5 Å². The zero-order valence-electron chi connectivity index (χ0n) is 26.6. The lowest BCUT2D eigenvalue weighted by Crippen LogP contribution is -2.04. The number of para-hydroxylation sites is 2. The smallest absolute Gasteiger partial charge is 0.165 e. The van der Waals surface area contributed by atoms with E-state index in [-0.39, 0.29) is 0 Å². The summed E-state index contributed by atoms with van der Waals surface area (Å²) in [6.45, 7) is 0. The molecular formula is C45H30N4. The lowest BCUT2D eigenvalue weighted by Gasteiger charge is -2.20. The Kier molecular flexibility index (Phi) is 7.10. The molecule has 9 aromatic rings. The van der Waals surface area contributed by atoms with E-state index < -0.39 is 0 Å². The van der Waals surface area contributed by atoms with Crippen molar-refractivity contribution in [1.29, 1.82) is 0 Å². The number of benzene rings is 7. The van der Waals surface area contributed by atoms with Crippen LogP contribution < -0.4 is 0 Å². The minimum absolute atomic E-state index is 0.624. The van der Waals surface area contributed by atoms with Crippen LogP contribution in [0.1, 0.15) is 0 Å². The molecule has 0 fully saturated rings. The van der Waals surface area contributed by atoms with Crippen LogP contribution in [0.15, 0.2) is 182 Å². The van der Waals surface area contributed by atoms with E-state index in [1.54, 1.807) is 0 Å². The molecule has 0 saturated heterocycles. The van der Waals surface area contributed by atoms with Crippen LogP contribution in [0.5, 0.6) is 0 Å². The van der Waals surface area contributed by atoms with E-state index in [1.165, 1.54) is 10.8 Å². The van der Waals surface area contributed by atoms with Crippen LogP contribution in [-0.4, -0.2) is 19.5 Å². The monoisotopic (exact) mass is 626 g/mol. The van der Waals surface area contributed by atoms with E-state index in [4.69, 9.17) is 15.0 Å². The molecule has 0 aliphatic heterocycles. The topological polar surface area (TPSA) is 43.6 Å². The van der Waals surface area contributed by atoms with E-state index in [0.717, 1.165) is 55.7 Å². The Hall–Kier alpha value is -6.65. The molecule has 49 heavy (non-hydrogen) atoms. The molecule has 0 aliphatic carbocycles. The van der Waals surface area contributed by atoms with E-state index in [1.807, 2.05) is 36.4 Å².